The molecule has 106 valence electrons. The van der Waals surface area contributed by atoms with Crippen LogP contribution < -0.4 is 10.1 Å². The van der Waals surface area contributed by atoms with Crippen molar-refractivity contribution >= 4 is 28.9 Å². The lowest BCUT2D eigenvalue weighted by Crippen LogP contribution is -2.03. The van der Waals surface area contributed by atoms with Gasteiger partial charge in [-0.15, -0.1) is 0 Å². The molecule has 1 N–H and O–H groups in total. The van der Waals surface area contributed by atoms with Crippen molar-refractivity contribution < 1.29 is 4.74 Å². The van der Waals surface area contributed by atoms with Crippen LogP contribution in [0.4, 0.5) is 5.69 Å². The molecule has 0 bridgehead atoms. The van der Waals surface area contributed by atoms with Gasteiger partial charge < -0.3 is 10.1 Å². The molecule has 5 heteroatoms. The number of ether oxygens (including phenoxy) is 1. The highest BCUT2D eigenvalue weighted by Gasteiger charge is 2.06. The summed E-state index contributed by atoms with van der Waals surface area (Å²) in [5.74, 6) is 0.563. The molecule has 20 heavy (non-hydrogen) atoms. The summed E-state index contributed by atoms with van der Waals surface area (Å²) >= 11 is 12.0. The maximum Gasteiger partial charge on any atom is 0.140 e. The molecular formula is C15H16Cl2N2O. The lowest BCUT2D eigenvalue weighted by Gasteiger charge is -2.10. The van der Waals surface area contributed by atoms with E-state index in [0.29, 0.717) is 22.4 Å². The van der Waals surface area contributed by atoms with Crippen LogP contribution in [0.2, 0.25) is 10.0 Å². The molecule has 2 rings (SSSR count). The van der Waals surface area contributed by atoms with Crippen LogP contribution in [0.25, 0.3) is 0 Å². The highest BCUT2D eigenvalue weighted by molar-refractivity contribution is 6.42. The molecule has 3 nitrogen and oxygen atoms in total. The minimum Gasteiger partial charge on any atom is -0.486 e. The summed E-state index contributed by atoms with van der Waals surface area (Å²) in [5.41, 5.74) is 1.87. The minimum atomic E-state index is 0.349. The number of nitrogens with one attached hydrogen (secondary N) is 1. The van der Waals surface area contributed by atoms with E-state index in [1.807, 2.05) is 12.1 Å². The van der Waals surface area contributed by atoms with Gasteiger partial charge in [0.1, 0.15) is 17.4 Å². The molecule has 0 aliphatic rings. The van der Waals surface area contributed by atoms with Crippen molar-refractivity contribution in [3.8, 4) is 5.75 Å². The first kappa shape index (κ1) is 14.9. The number of benzene rings is 1. The average molecular weight is 311 g/mol. The van der Waals surface area contributed by atoms with Crippen molar-refractivity contribution in [3.63, 3.8) is 0 Å². The van der Waals surface area contributed by atoms with E-state index >= 15 is 0 Å². The average Bonchev–Trinajstić information content (AvgIpc) is 2.47. The van der Waals surface area contributed by atoms with Crippen LogP contribution in [-0.4, -0.2) is 11.5 Å². The molecule has 0 fully saturated rings. The molecule has 2 aromatic rings. The van der Waals surface area contributed by atoms with Gasteiger partial charge in [-0.25, -0.2) is 0 Å². The van der Waals surface area contributed by atoms with Crippen molar-refractivity contribution in [1.82, 2.24) is 4.98 Å². The van der Waals surface area contributed by atoms with Gasteiger partial charge in [0, 0.05) is 18.4 Å². The Morgan fingerprint density at radius 1 is 1.25 bits per heavy atom. The van der Waals surface area contributed by atoms with E-state index in [9.17, 15) is 0 Å². The highest BCUT2D eigenvalue weighted by Crippen LogP contribution is 2.31. The number of hydrogen-bond acceptors (Lipinski definition) is 3. The van der Waals surface area contributed by atoms with Gasteiger partial charge in [0.25, 0.3) is 0 Å². The van der Waals surface area contributed by atoms with Crippen LogP contribution in [0, 0.1) is 0 Å². The Morgan fingerprint density at radius 2 is 2.10 bits per heavy atom. The summed E-state index contributed by atoms with van der Waals surface area (Å²) in [5, 5.41) is 4.22. The van der Waals surface area contributed by atoms with Gasteiger partial charge in [-0.2, -0.15) is 0 Å². The summed E-state index contributed by atoms with van der Waals surface area (Å²) in [4.78, 5) is 4.27. The van der Waals surface area contributed by atoms with Gasteiger partial charge in [0.2, 0.25) is 0 Å². The number of anilines is 1. The van der Waals surface area contributed by atoms with Crippen LogP contribution in [0.1, 0.15) is 19.0 Å². The standard InChI is InChI=1S/C15H16Cl2N2O/c1-2-7-18-11-6-8-19-12(9-11)10-20-14-5-3-4-13(16)15(14)17/h3-6,8-9H,2,7,10H2,1H3,(H,18,19). The first-order valence-electron chi connectivity index (χ1n) is 6.46. The van der Waals surface area contributed by atoms with Crippen LogP contribution in [0.3, 0.4) is 0 Å². The van der Waals surface area contributed by atoms with Gasteiger partial charge >= 0.3 is 0 Å². The van der Waals surface area contributed by atoms with E-state index in [-0.39, 0.29) is 0 Å². The van der Waals surface area contributed by atoms with Gasteiger partial charge in [0.05, 0.1) is 10.7 Å². The summed E-state index contributed by atoms with van der Waals surface area (Å²) in [7, 11) is 0. The Balaban J connectivity index is 2.01. The van der Waals surface area contributed by atoms with Gasteiger partial charge in [-0.05, 0) is 30.7 Å². The number of pyridine rings is 1. The molecule has 0 saturated heterocycles. The van der Waals surface area contributed by atoms with Crippen LogP contribution in [-0.2, 0) is 6.61 Å². The minimum absolute atomic E-state index is 0.349. The quantitative estimate of drug-likeness (QED) is 0.833. The van der Waals surface area contributed by atoms with E-state index in [2.05, 4.69) is 17.2 Å². The molecule has 1 aromatic carbocycles. The van der Waals surface area contributed by atoms with E-state index < -0.39 is 0 Å². The third kappa shape index (κ3) is 4.02. The summed E-state index contributed by atoms with van der Waals surface area (Å²) < 4.78 is 5.66. The molecule has 0 unspecified atom stereocenters. The van der Waals surface area contributed by atoms with Crippen LogP contribution in [0.5, 0.6) is 5.75 Å². The van der Waals surface area contributed by atoms with Crippen LogP contribution >= 0.6 is 23.2 Å². The zero-order valence-corrected chi connectivity index (χ0v) is 12.7. The lowest BCUT2D eigenvalue weighted by molar-refractivity contribution is 0.301. The molecular weight excluding hydrogens is 295 g/mol. The SMILES string of the molecule is CCCNc1ccnc(COc2cccc(Cl)c2Cl)c1. The normalized spacial score (nSPS) is 10.3. The Hall–Kier alpha value is -1.45. The fraction of sp³-hybridized carbons (Fsp3) is 0.267. The van der Waals surface area contributed by atoms with E-state index in [1.165, 1.54) is 0 Å². The zero-order valence-electron chi connectivity index (χ0n) is 11.2. The molecule has 0 aliphatic heterocycles. The van der Waals surface area contributed by atoms with Gasteiger partial charge in [-0.3, -0.25) is 4.98 Å². The maximum absolute atomic E-state index is 6.07. The van der Waals surface area contributed by atoms with E-state index in [0.717, 1.165) is 24.3 Å². The number of aromatic nitrogens is 1. The lowest BCUT2D eigenvalue weighted by atomic mass is 10.3. The fourth-order valence-corrected chi connectivity index (χ4v) is 2.03. The first-order chi connectivity index (χ1) is 9.70. The number of rotatable bonds is 6. The molecule has 0 aliphatic carbocycles. The third-order valence-corrected chi connectivity index (χ3v) is 3.49. The van der Waals surface area contributed by atoms with E-state index in [1.54, 1.807) is 24.4 Å². The Morgan fingerprint density at radius 3 is 2.90 bits per heavy atom. The second-order valence-electron chi connectivity index (χ2n) is 4.30. The number of nitrogens with zero attached hydrogens (tertiary/aromatic N) is 1. The maximum atomic E-state index is 6.07. The summed E-state index contributed by atoms with van der Waals surface area (Å²) in [6.45, 7) is 3.41. The number of hydrogen-bond donors (Lipinski definition) is 1. The molecule has 0 amide bonds. The van der Waals surface area contributed by atoms with Crippen LogP contribution in [0.15, 0.2) is 36.5 Å². The molecule has 0 radical (unpaired) electrons. The Labute approximate surface area is 128 Å². The molecule has 1 aromatic heterocycles. The topological polar surface area (TPSA) is 34.2 Å². The predicted octanol–water partition coefficient (Wildman–Crippen LogP) is 4.79. The Bertz CT molecular complexity index is 576. The number of halogens is 2. The molecule has 0 spiro atoms. The third-order valence-electron chi connectivity index (χ3n) is 2.69. The van der Waals surface area contributed by atoms with Crippen molar-refractivity contribution in [3.05, 3.63) is 52.3 Å². The molecule has 0 saturated carbocycles. The highest BCUT2D eigenvalue weighted by atomic mass is 35.5. The first-order valence-corrected chi connectivity index (χ1v) is 7.22. The van der Waals surface area contributed by atoms with Gasteiger partial charge in [0.15, 0.2) is 0 Å². The summed E-state index contributed by atoms with van der Waals surface area (Å²) in [6.07, 6.45) is 2.84. The largest absolute Gasteiger partial charge is 0.486 e. The summed E-state index contributed by atoms with van der Waals surface area (Å²) in [6, 6.07) is 9.22. The second kappa shape index (κ2) is 7.36. The van der Waals surface area contributed by atoms with Gasteiger partial charge in [-0.1, -0.05) is 36.2 Å². The zero-order chi connectivity index (χ0) is 14.4. The van der Waals surface area contributed by atoms with Crippen molar-refractivity contribution in [2.45, 2.75) is 20.0 Å². The second-order valence-corrected chi connectivity index (χ2v) is 5.09. The van der Waals surface area contributed by atoms with Crippen molar-refractivity contribution in [2.24, 2.45) is 0 Å². The van der Waals surface area contributed by atoms with Crippen molar-refractivity contribution in [1.29, 1.82) is 0 Å². The van der Waals surface area contributed by atoms with E-state index in [4.69, 9.17) is 27.9 Å². The van der Waals surface area contributed by atoms with Crippen molar-refractivity contribution in [2.75, 3.05) is 11.9 Å². The Kier molecular flexibility index (Phi) is 5.50. The monoisotopic (exact) mass is 310 g/mol. The molecule has 0 atom stereocenters. The smallest absolute Gasteiger partial charge is 0.140 e. The predicted molar refractivity (Wildman–Crippen MR) is 83.8 cm³/mol. The molecule has 1 heterocycles. The fourth-order valence-electron chi connectivity index (χ4n) is 1.68.